The zero-order valence-electron chi connectivity index (χ0n) is 9.73. The predicted octanol–water partition coefficient (Wildman–Crippen LogP) is 1.47. The van der Waals surface area contributed by atoms with Gasteiger partial charge in [-0.2, -0.15) is 0 Å². The minimum absolute atomic E-state index is 0.0245. The van der Waals surface area contributed by atoms with Crippen molar-refractivity contribution in [3.8, 4) is 0 Å². The molecule has 1 amide bonds. The molecule has 1 aromatic rings. The molecule has 1 atom stereocenters. The lowest BCUT2D eigenvalue weighted by Gasteiger charge is -2.32. The van der Waals surface area contributed by atoms with Crippen molar-refractivity contribution < 1.29 is 4.79 Å². The van der Waals surface area contributed by atoms with Crippen LogP contribution < -0.4 is 5.73 Å². The first kappa shape index (κ1) is 11.6. The number of nitrogens with one attached hydrogen (secondary N) is 1. The summed E-state index contributed by atoms with van der Waals surface area (Å²) in [5.41, 5.74) is 6.22. The van der Waals surface area contributed by atoms with Gasteiger partial charge in [0.25, 0.3) is 5.91 Å². The van der Waals surface area contributed by atoms with Crippen LogP contribution in [0.25, 0.3) is 0 Å². The Morgan fingerprint density at radius 2 is 2.06 bits per heavy atom. The molecule has 2 rings (SSSR count). The van der Waals surface area contributed by atoms with E-state index in [-0.39, 0.29) is 17.7 Å². The maximum Gasteiger partial charge on any atom is 0.253 e. The second-order valence-electron chi connectivity index (χ2n) is 4.41. The van der Waals surface area contributed by atoms with Crippen LogP contribution in [0.4, 0.5) is 0 Å². The summed E-state index contributed by atoms with van der Waals surface area (Å²) in [7, 11) is 0. The molecule has 0 aliphatic carbocycles. The molecule has 1 saturated heterocycles. The molecule has 0 saturated carbocycles. The van der Waals surface area contributed by atoms with Crippen LogP contribution in [0.2, 0.25) is 0 Å². The highest BCUT2D eigenvalue weighted by molar-refractivity contribution is 5.94. The fourth-order valence-corrected chi connectivity index (χ4v) is 2.18. The van der Waals surface area contributed by atoms with E-state index < -0.39 is 0 Å². The summed E-state index contributed by atoms with van der Waals surface area (Å²) in [4.78, 5) is 14.0. The minimum Gasteiger partial charge on any atom is -0.387 e. The molecule has 1 aliphatic rings. The summed E-state index contributed by atoms with van der Waals surface area (Å²) in [5, 5.41) is 7.46. The van der Waals surface area contributed by atoms with Gasteiger partial charge in [0.2, 0.25) is 0 Å². The number of piperidine rings is 1. The molecule has 0 spiro atoms. The van der Waals surface area contributed by atoms with Gasteiger partial charge in [0.15, 0.2) is 0 Å². The molecule has 1 aromatic carbocycles. The first-order valence-electron chi connectivity index (χ1n) is 5.86. The van der Waals surface area contributed by atoms with Crippen molar-refractivity contribution in [3.05, 3.63) is 35.9 Å². The van der Waals surface area contributed by atoms with E-state index in [1.54, 1.807) is 4.90 Å². The molecule has 0 aromatic heterocycles. The summed E-state index contributed by atoms with van der Waals surface area (Å²) >= 11 is 0. The number of carbonyl (C=O) groups is 1. The van der Waals surface area contributed by atoms with Crippen molar-refractivity contribution in [2.75, 3.05) is 13.1 Å². The molecule has 90 valence electrons. The quantitative estimate of drug-likeness (QED) is 0.597. The van der Waals surface area contributed by atoms with Gasteiger partial charge in [0.1, 0.15) is 0 Å². The lowest BCUT2D eigenvalue weighted by atomic mass is 9.96. The van der Waals surface area contributed by atoms with Crippen molar-refractivity contribution >= 4 is 11.7 Å². The average molecular weight is 231 g/mol. The van der Waals surface area contributed by atoms with Gasteiger partial charge in [-0.05, 0) is 25.0 Å². The Kier molecular flexibility index (Phi) is 3.42. The van der Waals surface area contributed by atoms with Gasteiger partial charge in [0.05, 0.1) is 5.84 Å². The molecule has 1 fully saturated rings. The van der Waals surface area contributed by atoms with Crippen LogP contribution in [0, 0.1) is 11.3 Å². The highest BCUT2D eigenvalue weighted by atomic mass is 16.2. The van der Waals surface area contributed by atoms with Gasteiger partial charge in [-0.15, -0.1) is 0 Å². The van der Waals surface area contributed by atoms with Crippen molar-refractivity contribution in [2.24, 2.45) is 11.7 Å². The summed E-state index contributed by atoms with van der Waals surface area (Å²) in [6, 6.07) is 9.25. The van der Waals surface area contributed by atoms with Crippen LogP contribution in [0.5, 0.6) is 0 Å². The number of hydrogen-bond acceptors (Lipinski definition) is 2. The molecule has 4 heteroatoms. The van der Waals surface area contributed by atoms with E-state index in [1.165, 1.54) is 0 Å². The van der Waals surface area contributed by atoms with Gasteiger partial charge >= 0.3 is 0 Å². The SMILES string of the molecule is N=C(N)[C@@H]1CCCN(C(=O)c2ccccc2)C1. The standard InChI is InChI=1S/C13H17N3O/c14-12(15)11-7-4-8-16(9-11)13(17)10-5-2-1-3-6-10/h1-3,5-6,11H,4,7-9H2,(H3,14,15)/t11-/m1/s1. The van der Waals surface area contributed by atoms with E-state index in [4.69, 9.17) is 11.1 Å². The van der Waals surface area contributed by atoms with Crippen molar-refractivity contribution in [1.82, 2.24) is 4.90 Å². The molecule has 1 heterocycles. The average Bonchev–Trinajstić information content (AvgIpc) is 2.39. The zero-order chi connectivity index (χ0) is 12.3. The molecule has 0 radical (unpaired) electrons. The van der Waals surface area contributed by atoms with Crippen molar-refractivity contribution in [1.29, 1.82) is 5.41 Å². The van der Waals surface area contributed by atoms with Crippen LogP contribution in [-0.4, -0.2) is 29.7 Å². The second-order valence-corrected chi connectivity index (χ2v) is 4.41. The van der Waals surface area contributed by atoms with E-state index in [0.717, 1.165) is 19.4 Å². The number of rotatable bonds is 2. The smallest absolute Gasteiger partial charge is 0.253 e. The third kappa shape index (κ3) is 2.64. The third-order valence-corrected chi connectivity index (χ3v) is 3.17. The molecular formula is C13H17N3O. The highest BCUT2D eigenvalue weighted by Crippen LogP contribution is 2.18. The summed E-state index contributed by atoms with van der Waals surface area (Å²) < 4.78 is 0. The van der Waals surface area contributed by atoms with Crippen molar-refractivity contribution in [2.45, 2.75) is 12.8 Å². The summed E-state index contributed by atoms with van der Waals surface area (Å²) in [5.74, 6) is 0.253. The monoisotopic (exact) mass is 231 g/mol. The van der Waals surface area contributed by atoms with Gasteiger partial charge in [-0.1, -0.05) is 18.2 Å². The normalized spacial score (nSPS) is 20.0. The van der Waals surface area contributed by atoms with Crippen LogP contribution >= 0.6 is 0 Å². The number of nitrogens with two attached hydrogens (primary N) is 1. The van der Waals surface area contributed by atoms with E-state index in [0.29, 0.717) is 12.1 Å². The number of likely N-dealkylation sites (tertiary alicyclic amines) is 1. The minimum atomic E-state index is 0.0245. The Bertz CT molecular complexity index is 416. The fraction of sp³-hybridized carbons (Fsp3) is 0.385. The first-order chi connectivity index (χ1) is 8.18. The molecule has 0 unspecified atom stereocenters. The van der Waals surface area contributed by atoms with E-state index in [2.05, 4.69) is 0 Å². The molecular weight excluding hydrogens is 214 g/mol. The zero-order valence-corrected chi connectivity index (χ0v) is 9.73. The topological polar surface area (TPSA) is 70.2 Å². The van der Waals surface area contributed by atoms with Crippen LogP contribution in [-0.2, 0) is 0 Å². The Labute approximate surface area is 101 Å². The van der Waals surface area contributed by atoms with Gasteiger partial charge < -0.3 is 10.6 Å². The molecule has 4 nitrogen and oxygen atoms in total. The third-order valence-electron chi connectivity index (χ3n) is 3.17. The van der Waals surface area contributed by atoms with Crippen LogP contribution in [0.1, 0.15) is 23.2 Å². The first-order valence-corrected chi connectivity index (χ1v) is 5.86. The van der Waals surface area contributed by atoms with Crippen LogP contribution in [0.15, 0.2) is 30.3 Å². The van der Waals surface area contributed by atoms with E-state index >= 15 is 0 Å². The Hall–Kier alpha value is -1.84. The molecule has 0 bridgehead atoms. The van der Waals surface area contributed by atoms with E-state index in [9.17, 15) is 4.79 Å². The number of carbonyl (C=O) groups excluding carboxylic acids is 1. The largest absolute Gasteiger partial charge is 0.387 e. The number of amides is 1. The number of amidine groups is 1. The summed E-state index contributed by atoms with van der Waals surface area (Å²) in [6.45, 7) is 1.33. The molecule has 17 heavy (non-hydrogen) atoms. The van der Waals surface area contributed by atoms with Gasteiger partial charge in [-0.3, -0.25) is 10.2 Å². The number of hydrogen-bond donors (Lipinski definition) is 2. The number of benzene rings is 1. The van der Waals surface area contributed by atoms with E-state index in [1.807, 2.05) is 30.3 Å². The maximum absolute atomic E-state index is 12.2. The predicted molar refractivity (Wildman–Crippen MR) is 67.0 cm³/mol. The second kappa shape index (κ2) is 4.99. The maximum atomic E-state index is 12.2. The Balaban J connectivity index is 2.07. The fourth-order valence-electron chi connectivity index (χ4n) is 2.18. The Morgan fingerprint density at radius 1 is 1.35 bits per heavy atom. The van der Waals surface area contributed by atoms with Crippen molar-refractivity contribution in [3.63, 3.8) is 0 Å². The summed E-state index contributed by atoms with van der Waals surface area (Å²) in [6.07, 6.45) is 1.83. The lowest BCUT2D eigenvalue weighted by Crippen LogP contribution is -2.43. The lowest BCUT2D eigenvalue weighted by molar-refractivity contribution is 0.0702. The molecule has 1 aliphatic heterocycles. The molecule has 3 N–H and O–H groups in total. The van der Waals surface area contributed by atoms with Gasteiger partial charge in [-0.25, -0.2) is 0 Å². The van der Waals surface area contributed by atoms with Crippen LogP contribution in [0.3, 0.4) is 0 Å². The number of nitrogens with zero attached hydrogens (tertiary/aromatic N) is 1. The highest BCUT2D eigenvalue weighted by Gasteiger charge is 2.25. The van der Waals surface area contributed by atoms with Gasteiger partial charge in [0, 0.05) is 24.6 Å². The Morgan fingerprint density at radius 3 is 2.71 bits per heavy atom.